The first kappa shape index (κ1) is 21.9. The maximum Gasteiger partial charge on any atom is 0.116 e. The molecule has 0 radical (unpaired) electrons. The highest BCUT2D eigenvalue weighted by atomic mass is 16.1. The van der Waals surface area contributed by atoms with E-state index in [0.29, 0.717) is 0 Å². The van der Waals surface area contributed by atoms with Gasteiger partial charge in [-0.1, -0.05) is 59.8 Å². The van der Waals surface area contributed by atoms with Crippen LogP contribution in [-0.4, -0.2) is 19.4 Å². The summed E-state index contributed by atoms with van der Waals surface area (Å²) in [5.41, 5.74) is 0. The second kappa shape index (κ2) is 24.7. The number of rotatable bonds is 7. The Hall–Kier alpha value is -0.370. The maximum atomic E-state index is 8.81. The lowest BCUT2D eigenvalue weighted by atomic mass is 10.1. The maximum absolute atomic E-state index is 8.81. The van der Waals surface area contributed by atoms with Crippen LogP contribution < -0.4 is 5.32 Å². The van der Waals surface area contributed by atoms with E-state index in [4.69, 9.17) is 4.79 Å². The largest absolute Gasteiger partial charge is 0.317 e. The highest BCUT2D eigenvalue weighted by molar-refractivity contribution is 5.44. The Labute approximate surface area is 110 Å². The van der Waals surface area contributed by atoms with Gasteiger partial charge in [-0.15, -0.1) is 0 Å². The monoisotopic (exact) mass is 245 g/mol. The van der Waals surface area contributed by atoms with Crippen LogP contribution in [0.1, 0.15) is 79.6 Å². The van der Waals surface area contributed by atoms with Gasteiger partial charge < -0.3 is 10.1 Å². The average Bonchev–Trinajstić information content (AvgIpc) is 2.36. The number of carbonyl (C=O) groups excluding carboxylic acids is 1. The summed E-state index contributed by atoms with van der Waals surface area (Å²) in [6, 6.07) is 0.756. The van der Waals surface area contributed by atoms with Crippen LogP contribution in [0.5, 0.6) is 0 Å². The Morgan fingerprint density at radius 2 is 1.47 bits per heavy atom. The molecule has 1 unspecified atom stereocenters. The van der Waals surface area contributed by atoms with Crippen LogP contribution in [0.2, 0.25) is 0 Å². The smallest absolute Gasteiger partial charge is 0.116 e. The quantitative estimate of drug-likeness (QED) is 0.525. The van der Waals surface area contributed by atoms with Crippen LogP contribution >= 0.6 is 0 Å². The number of aldehydes is 1. The van der Waals surface area contributed by atoms with Crippen molar-refractivity contribution < 1.29 is 4.79 Å². The van der Waals surface area contributed by atoms with Gasteiger partial charge in [-0.2, -0.15) is 0 Å². The zero-order chi connectivity index (χ0) is 13.9. The summed E-state index contributed by atoms with van der Waals surface area (Å²) >= 11 is 0. The molecule has 0 heterocycles. The minimum Gasteiger partial charge on any atom is -0.317 e. The van der Waals surface area contributed by atoms with E-state index in [1.807, 2.05) is 0 Å². The van der Waals surface area contributed by atoms with Crippen molar-refractivity contribution in [2.24, 2.45) is 0 Å². The Morgan fingerprint density at radius 3 is 1.71 bits per heavy atom. The van der Waals surface area contributed by atoms with Gasteiger partial charge in [0, 0.05) is 6.04 Å². The van der Waals surface area contributed by atoms with Gasteiger partial charge >= 0.3 is 0 Å². The van der Waals surface area contributed by atoms with E-state index in [-0.39, 0.29) is 0 Å². The SMILES string of the molecule is CC=O.CCCC.CCCCCC(CC)NC. The molecule has 106 valence electrons. The summed E-state index contributed by atoms with van der Waals surface area (Å²) in [6.07, 6.45) is 10.1. The van der Waals surface area contributed by atoms with E-state index in [2.05, 4.69) is 40.1 Å². The first-order chi connectivity index (χ1) is 8.17. The molecule has 17 heavy (non-hydrogen) atoms. The molecular formula is C15H35NO. The topological polar surface area (TPSA) is 29.1 Å². The number of hydrogen-bond donors (Lipinski definition) is 1. The minimum absolute atomic E-state index is 0.750. The number of nitrogens with one attached hydrogen (secondary N) is 1. The zero-order valence-electron chi connectivity index (χ0n) is 13.0. The van der Waals surface area contributed by atoms with Crippen LogP contribution in [-0.2, 0) is 4.79 Å². The molecule has 0 fully saturated rings. The van der Waals surface area contributed by atoms with Crippen LogP contribution in [0.15, 0.2) is 0 Å². The standard InChI is InChI=1S/C9H21N.C4H10.C2H4O/c1-4-6-7-8-9(5-2)10-3;1-3-4-2;1-2-3/h9-10H,4-8H2,1-3H3;3-4H2,1-2H3;2H,1H3. The van der Waals surface area contributed by atoms with Crippen molar-refractivity contribution in [2.75, 3.05) is 7.05 Å². The van der Waals surface area contributed by atoms with E-state index in [1.54, 1.807) is 0 Å². The molecule has 0 bridgehead atoms. The summed E-state index contributed by atoms with van der Waals surface area (Å²) in [7, 11) is 2.06. The van der Waals surface area contributed by atoms with Crippen molar-refractivity contribution in [3.8, 4) is 0 Å². The van der Waals surface area contributed by atoms with Crippen molar-refractivity contribution in [3.05, 3.63) is 0 Å². The van der Waals surface area contributed by atoms with Gasteiger partial charge in [0.1, 0.15) is 6.29 Å². The lowest BCUT2D eigenvalue weighted by Gasteiger charge is -2.12. The Balaban J connectivity index is -0.000000232. The Morgan fingerprint density at radius 1 is 1.00 bits per heavy atom. The minimum atomic E-state index is 0.750. The van der Waals surface area contributed by atoms with Gasteiger partial charge in [-0.25, -0.2) is 0 Å². The van der Waals surface area contributed by atoms with Crippen LogP contribution in [0, 0.1) is 0 Å². The molecule has 0 amide bonds. The van der Waals surface area contributed by atoms with Gasteiger partial charge in [0.15, 0.2) is 0 Å². The van der Waals surface area contributed by atoms with E-state index in [9.17, 15) is 0 Å². The van der Waals surface area contributed by atoms with Crippen LogP contribution in [0.25, 0.3) is 0 Å². The predicted octanol–water partition coefficient (Wildman–Crippen LogP) is 4.58. The summed E-state index contributed by atoms with van der Waals surface area (Å²) < 4.78 is 0. The molecule has 0 aliphatic carbocycles. The Kier molecular flexibility index (Phi) is 31.8. The number of carbonyl (C=O) groups is 1. The summed E-state index contributed by atoms with van der Waals surface area (Å²) in [5, 5.41) is 3.31. The highest BCUT2D eigenvalue weighted by Crippen LogP contribution is 2.04. The van der Waals surface area contributed by atoms with E-state index < -0.39 is 0 Å². The summed E-state index contributed by atoms with van der Waals surface area (Å²) in [5.74, 6) is 0. The van der Waals surface area contributed by atoms with Gasteiger partial charge in [0.25, 0.3) is 0 Å². The summed E-state index contributed by atoms with van der Waals surface area (Å²) in [4.78, 5) is 8.81. The third-order valence-electron chi connectivity index (χ3n) is 2.56. The summed E-state index contributed by atoms with van der Waals surface area (Å²) in [6.45, 7) is 10.3. The molecule has 2 heteroatoms. The average molecular weight is 245 g/mol. The zero-order valence-corrected chi connectivity index (χ0v) is 13.0. The molecule has 0 rings (SSSR count). The van der Waals surface area contributed by atoms with Gasteiger partial charge in [-0.05, 0) is 26.8 Å². The van der Waals surface area contributed by atoms with E-state index in [1.165, 1.54) is 51.9 Å². The lowest BCUT2D eigenvalue weighted by Crippen LogP contribution is -2.23. The molecule has 2 nitrogen and oxygen atoms in total. The fraction of sp³-hybridized carbons (Fsp3) is 0.933. The van der Waals surface area contributed by atoms with Crippen LogP contribution in [0.3, 0.4) is 0 Å². The third-order valence-corrected chi connectivity index (χ3v) is 2.56. The molecule has 1 N–H and O–H groups in total. The van der Waals surface area contributed by atoms with Crippen molar-refractivity contribution >= 4 is 6.29 Å². The fourth-order valence-corrected chi connectivity index (χ4v) is 1.19. The fourth-order valence-electron chi connectivity index (χ4n) is 1.19. The predicted molar refractivity (Wildman–Crippen MR) is 79.6 cm³/mol. The first-order valence-corrected chi connectivity index (χ1v) is 7.25. The second-order valence-corrected chi connectivity index (χ2v) is 4.13. The van der Waals surface area contributed by atoms with Gasteiger partial charge in [0.2, 0.25) is 0 Å². The molecule has 0 aliphatic rings. The Bertz CT molecular complexity index is 109. The molecule has 0 spiro atoms. The molecule has 1 atom stereocenters. The molecule has 0 aliphatic heterocycles. The van der Waals surface area contributed by atoms with Crippen LogP contribution in [0.4, 0.5) is 0 Å². The number of unbranched alkanes of at least 4 members (excludes halogenated alkanes) is 3. The first-order valence-electron chi connectivity index (χ1n) is 7.25. The van der Waals surface area contributed by atoms with Gasteiger partial charge in [0.05, 0.1) is 0 Å². The molecular weight excluding hydrogens is 210 g/mol. The van der Waals surface area contributed by atoms with Crippen molar-refractivity contribution in [1.29, 1.82) is 0 Å². The second-order valence-electron chi connectivity index (χ2n) is 4.13. The lowest BCUT2D eigenvalue weighted by molar-refractivity contribution is -0.106. The molecule has 0 aromatic heterocycles. The van der Waals surface area contributed by atoms with E-state index >= 15 is 0 Å². The highest BCUT2D eigenvalue weighted by Gasteiger charge is 2.00. The molecule has 0 aromatic rings. The molecule has 0 saturated heterocycles. The number of hydrogen-bond acceptors (Lipinski definition) is 2. The molecule has 0 aromatic carbocycles. The normalized spacial score (nSPS) is 10.5. The van der Waals surface area contributed by atoms with E-state index in [0.717, 1.165) is 12.3 Å². The van der Waals surface area contributed by atoms with Crippen molar-refractivity contribution in [3.63, 3.8) is 0 Å². The van der Waals surface area contributed by atoms with Gasteiger partial charge in [-0.3, -0.25) is 0 Å². The van der Waals surface area contributed by atoms with Crippen molar-refractivity contribution in [1.82, 2.24) is 5.32 Å². The third kappa shape index (κ3) is 31.3. The molecule has 0 saturated carbocycles. The van der Waals surface area contributed by atoms with Crippen molar-refractivity contribution in [2.45, 2.75) is 85.6 Å².